The molecule has 0 bridgehead atoms. The summed E-state index contributed by atoms with van der Waals surface area (Å²) in [4.78, 5) is 2.44. The number of nitrogens with zero attached hydrogens (tertiary/aromatic N) is 1. The molecular weight excluding hydrogens is 180 g/mol. The molecule has 1 fully saturated rings. The van der Waals surface area contributed by atoms with Gasteiger partial charge in [-0.25, -0.2) is 0 Å². The summed E-state index contributed by atoms with van der Waals surface area (Å²) < 4.78 is 5.27. The first-order valence-corrected chi connectivity index (χ1v) is 5.55. The molecule has 0 saturated carbocycles. The van der Waals surface area contributed by atoms with E-state index < -0.39 is 0 Å². The van der Waals surface area contributed by atoms with Gasteiger partial charge in [0, 0.05) is 19.7 Å². The summed E-state index contributed by atoms with van der Waals surface area (Å²) >= 11 is 0. The minimum Gasteiger partial charge on any atom is -0.396 e. The Bertz CT molecular complexity index is 127. The molecule has 0 aromatic carbocycles. The van der Waals surface area contributed by atoms with Crippen LogP contribution in [0.4, 0.5) is 0 Å². The molecule has 0 atom stereocenters. The van der Waals surface area contributed by atoms with E-state index in [0.29, 0.717) is 0 Å². The third-order valence-electron chi connectivity index (χ3n) is 2.44. The first-order valence-electron chi connectivity index (χ1n) is 5.55. The fraction of sp³-hybridized carbons (Fsp3) is 1.00. The van der Waals surface area contributed by atoms with E-state index in [9.17, 15) is 0 Å². The number of hydrogen-bond acceptors (Lipinski definition) is 4. The van der Waals surface area contributed by atoms with Crippen molar-refractivity contribution in [2.75, 3.05) is 52.5 Å². The van der Waals surface area contributed by atoms with Gasteiger partial charge in [-0.2, -0.15) is 0 Å². The van der Waals surface area contributed by atoms with E-state index in [1.807, 2.05) is 0 Å². The Kier molecular flexibility index (Phi) is 6.95. The number of aliphatic hydroxyl groups is 1. The second-order valence-corrected chi connectivity index (χ2v) is 3.63. The molecule has 1 aliphatic rings. The predicted molar refractivity (Wildman–Crippen MR) is 56.4 cm³/mol. The van der Waals surface area contributed by atoms with E-state index >= 15 is 0 Å². The van der Waals surface area contributed by atoms with Crippen LogP contribution in [0.15, 0.2) is 0 Å². The third-order valence-corrected chi connectivity index (χ3v) is 2.44. The van der Waals surface area contributed by atoms with Gasteiger partial charge in [-0.3, -0.25) is 4.90 Å². The monoisotopic (exact) mass is 202 g/mol. The van der Waals surface area contributed by atoms with Crippen molar-refractivity contribution < 1.29 is 9.84 Å². The molecule has 0 amide bonds. The zero-order valence-corrected chi connectivity index (χ0v) is 8.87. The first kappa shape index (κ1) is 11.9. The molecule has 0 aliphatic carbocycles. The SMILES string of the molecule is OCCCNCCCN1CCOCC1. The second-order valence-electron chi connectivity index (χ2n) is 3.63. The van der Waals surface area contributed by atoms with Crippen LogP contribution in [0.2, 0.25) is 0 Å². The van der Waals surface area contributed by atoms with Gasteiger partial charge in [-0.15, -0.1) is 0 Å². The van der Waals surface area contributed by atoms with Crippen LogP contribution < -0.4 is 5.32 Å². The van der Waals surface area contributed by atoms with Crippen LogP contribution in [0.3, 0.4) is 0 Å². The van der Waals surface area contributed by atoms with E-state index in [4.69, 9.17) is 9.84 Å². The Morgan fingerprint density at radius 1 is 1.14 bits per heavy atom. The number of hydrogen-bond donors (Lipinski definition) is 2. The summed E-state index contributed by atoms with van der Waals surface area (Å²) in [5.41, 5.74) is 0. The van der Waals surface area contributed by atoms with Gasteiger partial charge in [0.15, 0.2) is 0 Å². The van der Waals surface area contributed by atoms with Crippen molar-refractivity contribution in [1.29, 1.82) is 0 Å². The molecule has 0 aromatic rings. The largest absolute Gasteiger partial charge is 0.396 e. The molecule has 4 nitrogen and oxygen atoms in total. The Morgan fingerprint density at radius 3 is 2.57 bits per heavy atom. The number of rotatable bonds is 7. The summed E-state index contributed by atoms with van der Waals surface area (Å²) in [5.74, 6) is 0. The van der Waals surface area contributed by atoms with Gasteiger partial charge in [0.1, 0.15) is 0 Å². The third kappa shape index (κ3) is 5.54. The molecule has 4 heteroatoms. The molecule has 14 heavy (non-hydrogen) atoms. The Labute approximate surface area is 86.2 Å². The second kappa shape index (κ2) is 8.17. The standard InChI is InChI=1S/C10H22N2O2/c13-8-2-4-11-3-1-5-12-6-9-14-10-7-12/h11,13H,1-10H2. The van der Waals surface area contributed by atoms with Gasteiger partial charge in [0.25, 0.3) is 0 Å². The zero-order chi connectivity index (χ0) is 10.1. The van der Waals surface area contributed by atoms with Crippen molar-refractivity contribution in [3.8, 4) is 0 Å². The number of nitrogens with one attached hydrogen (secondary N) is 1. The molecule has 1 heterocycles. The van der Waals surface area contributed by atoms with Crippen molar-refractivity contribution in [2.45, 2.75) is 12.8 Å². The number of aliphatic hydroxyl groups excluding tert-OH is 1. The van der Waals surface area contributed by atoms with E-state index in [0.717, 1.165) is 52.4 Å². The minimum atomic E-state index is 0.288. The topological polar surface area (TPSA) is 44.7 Å². The van der Waals surface area contributed by atoms with Crippen molar-refractivity contribution >= 4 is 0 Å². The lowest BCUT2D eigenvalue weighted by Crippen LogP contribution is -2.37. The van der Waals surface area contributed by atoms with Gasteiger partial charge < -0.3 is 15.2 Å². The fourth-order valence-corrected chi connectivity index (χ4v) is 1.58. The lowest BCUT2D eigenvalue weighted by Gasteiger charge is -2.26. The summed E-state index contributed by atoms with van der Waals surface area (Å²) in [5, 5.41) is 11.9. The van der Waals surface area contributed by atoms with E-state index in [2.05, 4.69) is 10.2 Å². The number of ether oxygens (including phenoxy) is 1. The smallest absolute Gasteiger partial charge is 0.0594 e. The van der Waals surface area contributed by atoms with Crippen LogP contribution >= 0.6 is 0 Å². The average Bonchev–Trinajstić information content (AvgIpc) is 2.25. The van der Waals surface area contributed by atoms with E-state index in [1.165, 1.54) is 6.42 Å². The number of morpholine rings is 1. The molecule has 84 valence electrons. The highest BCUT2D eigenvalue weighted by atomic mass is 16.5. The highest BCUT2D eigenvalue weighted by Gasteiger charge is 2.08. The molecule has 0 unspecified atom stereocenters. The summed E-state index contributed by atoms with van der Waals surface area (Å²) in [6.45, 7) is 7.37. The maximum absolute atomic E-state index is 8.56. The van der Waals surface area contributed by atoms with Crippen molar-refractivity contribution in [3.05, 3.63) is 0 Å². The van der Waals surface area contributed by atoms with Gasteiger partial charge in [-0.05, 0) is 32.5 Å². The normalized spacial score (nSPS) is 18.6. The van der Waals surface area contributed by atoms with Gasteiger partial charge >= 0.3 is 0 Å². The Morgan fingerprint density at radius 2 is 1.86 bits per heavy atom. The maximum atomic E-state index is 8.56. The Hall–Kier alpha value is -0.160. The maximum Gasteiger partial charge on any atom is 0.0594 e. The van der Waals surface area contributed by atoms with Gasteiger partial charge in [-0.1, -0.05) is 0 Å². The van der Waals surface area contributed by atoms with E-state index in [-0.39, 0.29) is 6.61 Å². The van der Waals surface area contributed by atoms with Gasteiger partial charge in [0.2, 0.25) is 0 Å². The highest BCUT2D eigenvalue weighted by Crippen LogP contribution is 1.97. The van der Waals surface area contributed by atoms with Crippen molar-refractivity contribution in [2.24, 2.45) is 0 Å². The molecule has 0 spiro atoms. The summed E-state index contributed by atoms with van der Waals surface area (Å²) in [7, 11) is 0. The van der Waals surface area contributed by atoms with E-state index in [1.54, 1.807) is 0 Å². The predicted octanol–water partition coefficient (Wildman–Crippen LogP) is -0.319. The van der Waals surface area contributed by atoms with Gasteiger partial charge in [0.05, 0.1) is 13.2 Å². The average molecular weight is 202 g/mol. The van der Waals surface area contributed by atoms with Crippen LogP contribution in [0.25, 0.3) is 0 Å². The highest BCUT2D eigenvalue weighted by molar-refractivity contribution is 4.62. The quantitative estimate of drug-likeness (QED) is 0.555. The fourth-order valence-electron chi connectivity index (χ4n) is 1.58. The summed E-state index contributed by atoms with van der Waals surface area (Å²) in [6.07, 6.45) is 2.04. The lowest BCUT2D eigenvalue weighted by molar-refractivity contribution is 0.0374. The molecule has 1 aliphatic heterocycles. The lowest BCUT2D eigenvalue weighted by atomic mass is 10.3. The van der Waals surface area contributed by atoms with Crippen LogP contribution in [-0.4, -0.2) is 62.6 Å². The molecular formula is C10H22N2O2. The molecule has 0 radical (unpaired) electrons. The zero-order valence-electron chi connectivity index (χ0n) is 8.87. The van der Waals surface area contributed by atoms with Crippen LogP contribution in [0.1, 0.15) is 12.8 Å². The minimum absolute atomic E-state index is 0.288. The first-order chi connectivity index (χ1) is 6.93. The van der Waals surface area contributed by atoms with Crippen LogP contribution in [0.5, 0.6) is 0 Å². The summed E-state index contributed by atoms with van der Waals surface area (Å²) in [6, 6.07) is 0. The van der Waals surface area contributed by atoms with Crippen LogP contribution in [0, 0.1) is 0 Å². The van der Waals surface area contributed by atoms with Crippen molar-refractivity contribution in [1.82, 2.24) is 10.2 Å². The molecule has 2 N–H and O–H groups in total. The molecule has 1 rings (SSSR count). The molecule has 0 aromatic heterocycles. The Balaban J connectivity index is 1.82. The molecule has 1 saturated heterocycles. The van der Waals surface area contributed by atoms with Crippen molar-refractivity contribution in [3.63, 3.8) is 0 Å². The van der Waals surface area contributed by atoms with Crippen LogP contribution in [-0.2, 0) is 4.74 Å².